The summed E-state index contributed by atoms with van der Waals surface area (Å²) in [5.74, 6) is -1.46. The number of nitrogens with zero attached hydrogens (tertiary/aromatic N) is 2. The first kappa shape index (κ1) is 13.4. The number of hydrogen-bond acceptors (Lipinski definition) is 5. The smallest absolute Gasteiger partial charge is 0.328 e. The highest BCUT2D eigenvalue weighted by Gasteiger charge is 2.16. The monoisotopic (exact) mass is 250 g/mol. The zero-order valence-electron chi connectivity index (χ0n) is 9.79. The van der Waals surface area contributed by atoms with Crippen LogP contribution >= 0.6 is 11.3 Å². The van der Waals surface area contributed by atoms with Crippen molar-refractivity contribution in [2.75, 3.05) is 6.61 Å². The van der Waals surface area contributed by atoms with Crippen molar-refractivity contribution in [2.45, 2.75) is 19.9 Å². The molecule has 1 aromatic rings. The highest BCUT2D eigenvalue weighted by molar-refractivity contribution is 7.10. The molecule has 0 spiro atoms. The highest BCUT2D eigenvalue weighted by Crippen LogP contribution is 2.21. The van der Waals surface area contributed by atoms with E-state index in [1.807, 2.05) is 30.5 Å². The van der Waals surface area contributed by atoms with Crippen LogP contribution in [-0.4, -0.2) is 18.8 Å². The summed E-state index contributed by atoms with van der Waals surface area (Å²) in [6, 6.07) is 5.74. The molecule has 0 aliphatic heterocycles. The van der Waals surface area contributed by atoms with Crippen LogP contribution in [0, 0.1) is 17.2 Å². The predicted octanol–water partition coefficient (Wildman–Crippen LogP) is 2.58. The molecule has 1 heterocycles. The quantitative estimate of drug-likeness (QED) is 0.596. The van der Waals surface area contributed by atoms with Crippen LogP contribution in [0.4, 0.5) is 0 Å². The fourth-order valence-corrected chi connectivity index (χ4v) is 1.93. The van der Waals surface area contributed by atoms with Gasteiger partial charge in [-0.2, -0.15) is 5.26 Å². The molecule has 1 rings (SSSR count). The highest BCUT2D eigenvalue weighted by atomic mass is 32.1. The Morgan fingerprint density at radius 1 is 1.76 bits per heavy atom. The molecule has 0 saturated heterocycles. The van der Waals surface area contributed by atoms with Gasteiger partial charge >= 0.3 is 5.97 Å². The van der Waals surface area contributed by atoms with Crippen molar-refractivity contribution in [1.29, 1.82) is 5.26 Å². The van der Waals surface area contributed by atoms with Gasteiger partial charge in [-0.25, -0.2) is 0 Å². The second kappa shape index (κ2) is 6.81. The van der Waals surface area contributed by atoms with Crippen LogP contribution in [0.5, 0.6) is 0 Å². The van der Waals surface area contributed by atoms with Gasteiger partial charge in [0.25, 0.3) is 0 Å². The first-order valence-corrected chi connectivity index (χ1v) is 6.20. The van der Waals surface area contributed by atoms with Crippen LogP contribution in [0.1, 0.15) is 24.8 Å². The number of rotatable bonds is 5. The number of carbonyl (C=O) groups is 1. The van der Waals surface area contributed by atoms with E-state index in [1.54, 1.807) is 18.3 Å². The van der Waals surface area contributed by atoms with Crippen LogP contribution in [0.25, 0.3) is 0 Å². The molecule has 0 aliphatic carbocycles. The molecular weight excluding hydrogens is 236 g/mol. The van der Waals surface area contributed by atoms with Gasteiger partial charge < -0.3 is 4.74 Å². The summed E-state index contributed by atoms with van der Waals surface area (Å²) < 4.78 is 4.77. The second-order valence-electron chi connectivity index (χ2n) is 3.35. The lowest BCUT2D eigenvalue weighted by Gasteiger charge is -2.05. The third kappa shape index (κ3) is 4.00. The fourth-order valence-electron chi connectivity index (χ4n) is 1.20. The molecule has 17 heavy (non-hydrogen) atoms. The first-order valence-electron chi connectivity index (χ1n) is 5.32. The average Bonchev–Trinajstić information content (AvgIpc) is 2.83. The minimum atomic E-state index is -0.919. The average molecular weight is 250 g/mol. The zero-order valence-corrected chi connectivity index (χ0v) is 10.6. The minimum absolute atomic E-state index is 0.0414. The summed E-state index contributed by atoms with van der Waals surface area (Å²) in [5.41, 5.74) is 0. The maximum absolute atomic E-state index is 11.3. The number of thiophene rings is 1. The van der Waals surface area contributed by atoms with E-state index < -0.39 is 11.9 Å². The Labute approximate surface area is 105 Å². The van der Waals surface area contributed by atoms with Crippen LogP contribution in [-0.2, 0) is 9.53 Å². The van der Waals surface area contributed by atoms with Gasteiger partial charge in [-0.05, 0) is 25.3 Å². The van der Waals surface area contributed by atoms with E-state index in [1.165, 1.54) is 6.21 Å². The summed E-state index contributed by atoms with van der Waals surface area (Å²) in [6.07, 6.45) is 1.36. The number of nitriles is 1. The van der Waals surface area contributed by atoms with E-state index >= 15 is 0 Å². The zero-order chi connectivity index (χ0) is 12.7. The molecule has 1 aromatic heterocycles. The summed E-state index contributed by atoms with van der Waals surface area (Å²) in [6.45, 7) is 3.89. The van der Waals surface area contributed by atoms with Crippen molar-refractivity contribution in [2.24, 2.45) is 10.9 Å². The Bertz CT molecular complexity index is 420. The topological polar surface area (TPSA) is 62.5 Å². The van der Waals surface area contributed by atoms with E-state index in [-0.39, 0.29) is 12.6 Å². The minimum Gasteiger partial charge on any atom is -0.465 e. The predicted molar refractivity (Wildman–Crippen MR) is 67.0 cm³/mol. The Hall–Kier alpha value is -1.67. The van der Waals surface area contributed by atoms with Crippen molar-refractivity contribution < 1.29 is 9.53 Å². The van der Waals surface area contributed by atoms with Crippen LogP contribution in [0.15, 0.2) is 22.5 Å². The van der Waals surface area contributed by atoms with Gasteiger partial charge in [0, 0.05) is 11.1 Å². The molecule has 0 aromatic carbocycles. The lowest BCUT2D eigenvalue weighted by molar-refractivity contribution is -0.143. The van der Waals surface area contributed by atoms with E-state index in [4.69, 9.17) is 10.00 Å². The maximum atomic E-state index is 11.3. The SMILES string of the molecule is CCOC(=O)[C@H](C#N)C=N[C@H](C)c1cccs1. The first-order chi connectivity index (χ1) is 8.19. The molecule has 0 aliphatic rings. The summed E-state index contributed by atoms with van der Waals surface area (Å²) >= 11 is 1.60. The van der Waals surface area contributed by atoms with E-state index in [2.05, 4.69) is 4.99 Å². The molecule has 0 unspecified atom stereocenters. The van der Waals surface area contributed by atoms with E-state index in [0.717, 1.165) is 4.88 Å². The van der Waals surface area contributed by atoms with Crippen molar-refractivity contribution >= 4 is 23.5 Å². The second-order valence-corrected chi connectivity index (χ2v) is 4.33. The lowest BCUT2D eigenvalue weighted by Crippen LogP contribution is -2.17. The van der Waals surface area contributed by atoms with Crippen LogP contribution in [0.2, 0.25) is 0 Å². The molecule has 0 bridgehead atoms. The van der Waals surface area contributed by atoms with Gasteiger partial charge in [0.05, 0.1) is 18.7 Å². The van der Waals surface area contributed by atoms with Crippen molar-refractivity contribution in [1.82, 2.24) is 0 Å². The normalized spacial score (nSPS) is 14.2. The molecule has 2 atom stereocenters. The summed E-state index contributed by atoms with van der Waals surface area (Å²) in [4.78, 5) is 16.6. The third-order valence-corrected chi connectivity index (χ3v) is 3.14. The van der Waals surface area contributed by atoms with Gasteiger partial charge in [0.15, 0.2) is 5.92 Å². The Morgan fingerprint density at radius 2 is 2.53 bits per heavy atom. The lowest BCUT2D eigenvalue weighted by atomic mass is 10.2. The molecule has 0 fully saturated rings. The number of aliphatic imine (C=N–C) groups is 1. The van der Waals surface area contributed by atoms with Crippen molar-refractivity contribution in [3.63, 3.8) is 0 Å². The van der Waals surface area contributed by atoms with Gasteiger partial charge in [-0.3, -0.25) is 9.79 Å². The van der Waals surface area contributed by atoms with Crippen molar-refractivity contribution in [3.05, 3.63) is 22.4 Å². The van der Waals surface area contributed by atoms with Crippen molar-refractivity contribution in [3.8, 4) is 6.07 Å². The van der Waals surface area contributed by atoms with E-state index in [0.29, 0.717) is 0 Å². The molecule has 90 valence electrons. The fraction of sp³-hybridized carbons (Fsp3) is 0.417. The largest absolute Gasteiger partial charge is 0.465 e. The number of esters is 1. The standard InChI is InChI=1S/C12H14N2O2S/c1-3-16-12(15)10(7-13)8-14-9(2)11-5-4-6-17-11/h4-6,8-10H,3H2,1-2H3/t9-,10-/m1/s1. The number of hydrogen-bond donors (Lipinski definition) is 0. The molecular formula is C12H14N2O2S. The van der Waals surface area contributed by atoms with E-state index in [9.17, 15) is 4.79 Å². The van der Waals surface area contributed by atoms with Gasteiger partial charge in [-0.15, -0.1) is 11.3 Å². The molecule has 0 radical (unpaired) electrons. The van der Waals surface area contributed by atoms with Crippen LogP contribution in [0.3, 0.4) is 0 Å². The Kier molecular flexibility index (Phi) is 5.37. The molecule has 5 heteroatoms. The number of ether oxygens (including phenoxy) is 1. The summed E-state index contributed by atoms with van der Waals surface area (Å²) in [5, 5.41) is 10.8. The third-order valence-electron chi connectivity index (χ3n) is 2.09. The molecule has 0 saturated carbocycles. The van der Waals surface area contributed by atoms with Gasteiger partial charge in [0.1, 0.15) is 0 Å². The molecule has 0 N–H and O–H groups in total. The van der Waals surface area contributed by atoms with Gasteiger partial charge in [0.2, 0.25) is 0 Å². The Morgan fingerprint density at radius 3 is 3.06 bits per heavy atom. The number of carbonyl (C=O) groups excluding carboxylic acids is 1. The van der Waals surface area contributed by atoms with Gasteiger partial charge in [-0.1, -0.05) is 6.07 Å². The summed E-state index contributed by atoms with van der Waals surface area (Å²) in [7, 11) is 0. The molecule has 4 nitrogen and oxygen atoms in total. The van der Waals surface area contributed by atoms with Crippen LogP contribution < -0.4 is 0 Å². The maximum Gasteiger partial charge on any atom is 0.328 e. The Balaban J connectivity index is 2.62. The molecule has 0 amide bonds.